The number of hydrogen-bond acceptors (Lipinski definition) is 2. The highest BCUT2D eigenvalue weighted by Crippen LogP contribution is 2.29. The molecule has 0 aliphatic carbocycles. The first-order chi connectivity index (χ1) is 10.1. The Kier molecular flexibility index (Phi) is 3.70. The number of amides is 1. The first-order valence-electron chi connectivity index (χ1n) is 6.48. The van der Waals surface area contributed by atoms with Gasteiger partial charge in [0.25, 0.3) is 0 Å². The third-order valence-corrected chi connectivity index (χ3v) is 4.28. The monoisotopic (exact) mass is 319 g/mol. The number of carbonyl (C=O) groups is 2. The van der Waals surface area contributed by atoms with Gasteiger partial charge in [0, 0.05) is 23.2 Å². The fourth-order valence-electron chi connectivity index (χ4n) is 2.36. The van der Waals surface area contributed by atoms with Gasteiger partial charge in [-0.15, -0.1) is 0 Å². The van der Waals surface area contributed by atoms with Crippen molar-refractivity contribution in [1.29, 1.82) is 0 Å². The average molecular weight is 320 g/mol. The van der Waals surface area contributed by atoms with E-state index in [0.29, 0.717) is 29.0 Å². The van der Waals surface area contributed by atoms with Crippen molar-refractivity contribution in [2.75, 3.05) is 5.32 Å². The second-order valence-electron chi connectivity index (χ2n) is 4.85. The van der Waals surface area contributed by atoms with Crippen LogP contribution in [0.1, 0.15) is 27.9 Å². The summed E-state index contributed by atoms with van der Waals surface area (Å²) in [5.74, 6) is -0.179. The molecular weight excluding hydrogens is 309 g/mol. The number of ketones is 1. The molecule has 0 saturated heterocycles. The Morgan fingerprint density at radius 3 is 2.71 bits per heavy atom. The van der Waals surface area contributed by atoms with Gasteiger partial charge >= 0.3 is 0 Å². The average Bonchev–Trinajstić information content (AvgIpc) is 2.49. The van der Waals surface area contributed by atoms with Crippen LogP contribution in [0.25, 0.3) is 0 Å². The lowest BCUT2D eigenvalue weighted by atomic mass is 9.96. The molecule has 0 spiro atoms. The molecule has 1 amide bonds. The van der Waals surface area contributed by atoms with Gasteiger partial charge in [-0.25, -0.2) is 0 Å². The van der Waals surface area contributed by atoms with E-state index in [0.717, 1.165) is 11.3 Å². The van der Waals surface area contributed by atoms with Crippen LogP contribution in [-0.4, -0.2) is 11.7 Å². The van der Waals surface area contributed by atoms with Crippen molar-refractivity contribution < 1.29 is 9.59 Å². The van der Waals surface area contributed by atoms with Crippen LogP contribution in [0.15, 0.2) is 36.4 Å². The van der Waals surface area contributed by atoms with Crippen molar-refractivity contribution in [1.82, 2.24) is 0 Å². The van der Waals surface area contributed by atoms with Gasteiger partial charge in [0.2, 0.25) is 5.91 Å². The summed E-state index contributed by atoms with van der Waals surface area (Å²) in [4.78, 5) is 23.9. The number of fused-ring (bicyclic) bond motifs is 1. The van der Waals surface area contributed by atoms with Gasteiger partial charge in [0.1, 0.15) is 0 Å². The predicted octanol–water partition coefficient (Wildman–Crippen LogP) is 4.11. The van der Waals surface area contributed by atoms with E-state index in [1.807, 2.05) is 0 Å². The number of nitrogens with one attached hydrogen (secondary N) is 1. The Morgan fingerprint density at radius 1 is 1.10 bits per heavy atom. The minimum atomic E-state index is -0.179. The maximum Gasteiger partial charge on any atom is 0.224 e. The van der Waals surface area contributed by atoms with Crippen LogP contribution < -0.4 is 5.32 Å². The minimum absolute atomic E-state index is 0.000498. The molecular formula is C16H11Cl2NO2. The van der Waals surface area contributed by atoms with Crippen LogP contribution in [0.3, 0.4) is 0 Å². The van der Waals surface area contributed by atoms with E-state index < -0.39 is 0 Å². The molecule has 3 nitrogen and oxygen atoms in total. The third kappa shape index (κ3) is 2.67. The molecule has 0 radical (unpaired) electrons. The Balaban J connectivity index is 1.99. The molecule has 2 aromatic rings. The number of hydrogen-bond donors (Lipinski definition) is 1. The van der Waals surface area contributed by atoms with E-state index in [1.165, 1.54) is 0 Å². The number of aryl methyl sites for hydroxylation is 1. The van der Waals surface area contributed by atoms with Gasteiger partial charge < -0.3 is 5.32 Å². The molecule has 106 valence electrons. The Labute approximate surface area is 131 Å². The Morgan fingerprint density at radius 2 is 1.90 bits per heavy atom. The van der Waals surface area contributed by atoms with Gasteiger partial charge in [-0.05, 0) is 42.3 Å². The van der Waals surface area contributed by atoms with Crippen LogP contribution in [-0.2, 0) is 11.2 Å². The zero-order valence-corrected chi connectivity index (χ0v) is 12.5. The summed E-state index contributed by atoms with van der Waals surface area (Å²) in [7, 11) is 0. The summed E-state index contributed by atoms with van der Waals surface area (Å²) in [5, 5.41) is 3.40. The third-order valence-electron chi connectivity index (χ3n) is 3.46. The van der Waals surface area contributed by atoms with Crippen molar-refractivity contribution in [2.45, 2.75) is 12.8 Å². The highest BCUT2D eigenvalue weighted by atomic mass is 35.5. The highest BCUT2D eigenvalue weighted by Gasteiger charge is 2.19. The number of halogens is 2. The SMILES string of the molecule is O=C1CCc2cc(C(=O)c3cccc(Cl)c3Cl)ccc2N1. The molecule has 0 bridgehead atoms. The first kappa shape index (κ1) is 14.1. The Hall–Kier alpha value is -1.84. The zero-order valence-electron chi connectivity index (χ0n) is 11.0. The van der Waals surface area contributed by atoms with E-state index >= 15 is 0 Å². The lowest BCUT2D eigenvalue weighted by Gasteiger charge is -2.17. The van der Waals surface area contributed by atoms with Crippen molar-refractivity contribution in [2.24, 2.45) is 0 Å². The molecule has 0 atom stereocenters. The smallest absolute Gasteiger partial charge is 0.224 e. The normalized spacial score (nSPS) is 13.5. The zero-order chi connectivity index (χ0) is 15.0. The van der Waals surface area contributed by atoms with Gasteiger partial charge in [-0.3, -0.25) is 9.59 Å². The van der Waals surface area contributed by atoms with Crippen LogP contribution in [0.2, 0.25) is 10.0 Å². The van der Waals surface area contributed by atoms with Crippen molar-refractivity contribution in [3.05, 3.63) is 63.1 Å². The molecule has 0 fully saturated rings. The second-order valence-corrected chi connectivity index (χ2v) is 5.64. The summed E-state index contributed by atoms with van der Waals surface area (Å²) >= 11 is 12.0. The van der Waals surface area contributed by atoms with Crippen molar-refractivity contribution >= 4 is 40.6 Å². The first-order valence-corrected chi connectivity index (χ1v) is 7.23. The molecule has 2 aromatic carbocycles. The van der Waals surface area contributed by atoms with E-state index in [2.05, 4.69) is 5.32 Å². The summed E-state index contributed by atoms with van der Waals surface area (Å²) in [6, 6.07) is 10.2. The molecule has 5 heteroatoms. The van der Waals surface area contributed by atoms with Gasteiger partial charge in [0.15, 0.2) is 5.78 Å². The van der Waals surface area contributed by atoms with Crippen LogP contribution >= 0.6 is 23.2 Å². The van der Waals surface area contributed by atoms with Crippen LogP contribution in [0.4, 0.5) is 5.69 Å². The van der Waals surface area contributed by atoms with Crippen molar-refractivity contribution in [3.8, 4) is 0 Å². The molecule has 1 N–H and O–H groups in total. The largest absolute Gasteiger partial charge is 0.326 e. The number of anilines is 1. The minimum Gasteiger partial charge on any atom is -0.326 e. The Bertz CT molecular complexity index is 756. The number of benzene rings is 2. The molecule has 1 heterocycles. The predicted molar refractivity (Wildman–Crippen MR) is 83.3 cm³/mol. The second kappa shape index (κ2) is 5.51. The summed E-state index contributed by atoms with van der Waals surface area (Å²) in [6.45, 7) is 0. The highest BCUT2D eigenvalue weighted by molar-refractivity contribution is 6.44. The number of carbonyl (C=O) groups excluding carboxylic acids is 2. The molecule has 3 rings (SSSR count). The molecule has 1 aliphatic rings. The fraction of sp³-hybridized carbons (Fsp3) is 0.125. The molecule has 1 aliphatic heterocycles. The van der Waals surface area contributed by atoms with Crippen LogP contribution in [0.5, 0.6) is 0 Å². The summed E-state index contributed by atoms with van der Waals surface area (Å²) in [6.07, 6.45) is 1.06. The summed E-state index contributed by atoms with van der Waals surface area (Å²) in [5.41, 5.74) is 2.64. The quantitative estimate of drug-likeness (QED) is 0.847. The lowest BCUT2D eigenvalue weighted by Crippen LogP contribution is -2.19. The van der Waals surface area contributed by atoms with Crippen molar-refractivity contribution in [3.63, 3.8) is 0 Å². The molecule has 0 unspecified atom stereocenters. The maximum atomic E-state index is 12.5. The molecule has 0 saturated carbocycles. The fourth-order valence-corrected chi connectivity index (χ4v) is 2.75. The van der Waals surface area contributed by atoms with E-state index in [9.17, 15) is 9.59 Å². The lowest BCUT2D eigenvalue weighted by molar-refractivity contribution is -0.116. The van der Waals surface area contributed by atoms with E-state index in [-0.39, 0.29) is 16.7 Å². The van der Waals surface area contributed by atoms with Gasteiger partial charge in [-0.1, -0.05) is 29.3 Å². The summed E-state index contributed by atoms with van der Waals surface area (Å²) < 4.78 is 0. The van der Waals surface area contributed by atoms with Gasteiger partial charge in [-0.2, -0.15) is 0 Å². The standard InChI is InChI=1S/C16H11Cl2NO2/c17-12-3-1-2-11(15(12)18)16(21)10-4-6-13-9(8-10)5-7-14(20)19-13/h1-4,6,8H,5,7H2,(H,19,20). The maximum absolute atomic E-state index is 12.5. The van der Waals surface area contributed by atoms with Crippen LogP contribution in [0, 0.1) is 0 Å². The number of rotatable bonds is 2. The molecule has 21 heavy (non-hydrogen) atoms. The molecule has 0 aromatic heterocycles. The van der Waals surface area contributed by atoms with Gasteiger partial charge in [0.05, 0.1) is 10.0 Å². The topological polar surface area (TPSA) is 46.2 Å². The van der Waals surface area contributed by atoms with E-state index in [4.69, 9.17) is 23.2 Å². The van der Waals surface area contributed by atoms with E-state index in [1.54, 1.807) is 36.4 Å².